The highest BCUT2D eigenvalue weighted by atomic mass is 14.7. The van der Waals surface area contributed by atoms with Crippen molar-refractivity contribution >= 4 is 12.2 Å². The molecule has 0 aliphatic carbocycles. The van der Waals surface area contributed by atoms with E-state index in [1.54, 1.807) is 6.08 Å². The normalized spacial score (nSPS) is 14.0. The number of aromatic amines is 1. The highest BCUT2D eigenvalue weighted by Gasteiger charge is 1.86. The lowest BCUT2D eigenvalue weighted by molar-refractivity contribution is 1.22. The van der Waals surface area contributed by atoms with Gasteiger partial charge in [0.1, 0.15) is 0 Å². The lowest BCUT2D eigenvalue weighted by Gasteiger charge is -1.75. The van der Waals surface area contributed by atoms with Crippen LogP contribution in [0.25, 0.3) is 12.2 Å². The molecular formula is C10H13N. The first kappa shape index (κ1) is 7.86. The van der Waals surface area contributed by atoms with Gasteiger partial charge in [-0.1, -0.05) is 24.8 Å². The largest absolute Gasteiger partial charge is 0.359 e. The number of hydrogen-bond acceptors (Lipinski definition) is 0. The summed E-state index contributed by atoms with van der Waals surface area (Å²) in [5.74, 6) is 0. The number of nitrogens with one attached hydrogen (secondary N) is 1. The van der Waals surface area contributed by atoms with Crippen LogP contribution in [-0.4, -0.2) is 4.98 Å². The standard InChI is InChI=1S/C10H13N/c1-4-6-9-7-8(3)11-10(9)5-2/h4-7,11H,1H2,2-3H3/b9-6-,10-5+. The summed E-state index contributed by atoms with van der Waals surface area (Å²) in [7, 11) is 0. The van der Waals surface area contributed by atoms with Crippen molar-refractivity contribution in [1.29, 1.82) is 0 Å². The van der Waals surface area contributed by atoms with Crippen LogP contribution in [0.1, 0.15) is 12.6 Å². The fourth-order valence-corrected chi connectivity index (χ4v) is 1.14. The van der Waals surface area contributed by atoms with Crippen molar-refractivity contribution in [1.82, 2.24) is 4.98 Å². The van der Waals surface area contributed by atoms with Crippen LogP contribution >= 0.6 is 0 Å². The van der Waals surface area contributed by atoms with Crippen molar-refractivity contribution < 1.29 is 0 Å². The number of rotatable bonds is 1. The fraction of sp³-hybridized carbons (Fsp3) is 0.200. The Hall–Kier alpha value is -1.24. The van der Waals surface area contributed by atoms with E-state index in [0.29, 0.717) is 0 Å². The van der Waals surface area contributed by atoms with Gasteiger partial charge in [-0.2, -0.15) is 0 Å². The summed E-state index contributed by atoms with van der Waals surface area (Å²) in [6.07, 6.45) is 5.86. The third kappa shape index (κ3) is 1.61. The van der Waals surface area contributed by atoms with Crippen molar-refractivity contribution in [3.8, 4) is 0 Å². The van der Waals surface area contributed by atoms with E-state index in [1.165, 1.54) is 16.3 Å². The predicted molar refractivity (Wildman–Crippen MR) is 49.6 cm³/mol. The lowest BCUT2D eigenvalue weighted by atomic mass is 10.3. The number of aromatic nitrogens is 1. The number of allylic oxidation sites excluding steroid dienone is 1. The van der Waals surface area contributed by atoms with Gasteiger partial charge in [-0.25, -0.2) is 0 Å². The molecule has 11 heavy (non-hydrogen) atoms. The van der Waals surface area contributed by atoms with Crippen LogP contribution in [0.15, 0.2) is 18.7 Å². The van der Waals surface area contributed by atoms with Gasteiger partial charge in [0, 0.05) is 11.0 Å². The van der Waals surface area contributed by atoms with Crippen molar-refractivity contribution in [2.75, 3.05) is 0 Å². The van der Waals surface area contributed by atoms with E-state index in [4.69, 9.17) is 0 Å². The first-order valence-electron chi connectivity index (χ1n) is 3.72. The van der Waals surface area contributed by atoms with Crippen molar-refractivity contribution in [3.05, 3.63) is 35.0 Å². The third-order valence-electron chi connectivity index (χ3n) is 1.60. The van der Waals surface area contributed by atoms with Gasteiger partial charge < -0.3 is 4.98 Å². The second-order valence-corrected chi connectivity index (χ2v) is 2.51. The molecule has 1 heteroatoms. The van der Waals surface area contributed by atoms with E-state index in [-0.39, 0.29) is 0 Å². The maximum absolute atomic E-state index is 3.66. The lowest BCUT2D eigenvalue weighted by Crippen LogP contribution is -2.20. The van der Waals surface area contributed by atoms with E-state index in [1.807, 2.05) is 19.9 Å². The van der Waals surface area contributed by atoms with E-state index in [2.05, 4.69) is 23.7 Å². The summed E-state index contributed by atoms with van der Waals surface area (Å²) in [4.78, 5) is 3.24. The zero-order valence-electron chi connectivity index (χ0n) is 7.02. The average Bonchev–Trinajstić information content (AvgIpc) is 2.32. The summed E-state index contributed by atoms with van der Waals surface area (Å²) in [5, 5.41) is 2.38. The molecule has 0 saturated carbocycles. The van der Waals surface area contributed by atoms with Gasteiger partial charge in [0.15, 0.2) is 0 Å². The SMILES string of the molecule is C=C/C=c1/cc(C)[nH]/c1=C/C. The molecule has 1 aromatic heterocycles. The Balaban J connectivity index is 3.47. The second-order valence-electron chi connectivity index (χ2n) is 2.51. The molecule has 0 spiro atoms. The van der Waals surface area contributed by atoms with Gasteiger partial charge in [0.25, 0.3) is 0 Å². The molecular weight excluding hydrogens is 134 g/mol. The third-order valence-corrected chi connectivity index (χ3v) is 1.60. The quantitative estimate of drug-likeness (QED) is 0.612. The molecule has 0 aliphatic heterocycles. The van der Waals surface area contributed by atoms with Gasteiger partial charge in [-0.05, 0) is 25.1 Å². The zero-order valence-corrected chi connectivity index (χ0v) is 7.02. The van der Waals surface area contributed by atoms with Gasteiger partial charge in [0.05, 0.1) is 0 Å². The summed E-state index contributed by atoms with van der Waals surface area (Å²) < 4.78 is 0. The number of H-pyrrole nitrogens is 1. The van der Waals surface area contributed by atoms with Crippen molar-refractivity contribution in [2.45, 2.75) is 13.8 Å². The molecule has 1 rings (SSSR count). The topological polar surface area (TPSA) is 15.8 Å². The molecule has 0 atom stereocenters. The molecule has 58 valence electrons. The van der Waals surface area contributed by atoms with Crippen LogP contribution in [-0.2, 0) is 0 Å². The Morgan fingerprint density at radius 1 is 1.55 bits per heavy atom. The van der Waals surface area contributed by atoms with Crippen LogP contribution in [0.2, 0.25) is 0 Å². The Morgan fingerprint density at radius 2 is 2.27 bits per heavy atom. The van der Waals surface area contributed by atoms with Crippen LogP contribution in [0.3, 0.4) is 0 Å². The first-order valence-corrected chi connectivity index (χ1v) is 3.72. The minimum absolute atomic E-state index is 1.17. The van der Waals surface area contributed by atoms with Crippen LogP contribution in [0.4, 0.5) is 0 Å². The molecule has 0 unspecified atom stereocenters. The molecule has 1 heterocycles. The van der Waals surface area contributed by atoms with E-state index < -0.39 is 0 Å². The van der Waals surface area contributed by atoms with Gasteiger partial charge in [-0.15, -0.1) is 0 Å². The molecule has 0 aromatic carbocycles. The Morgan fingerprint density at radius 3 is 2.82 bits per heavy atom. The van der Waals surface area contributed by atoms with Crippen LogP contribution in [0.5, 0.6) is 0 Å². The average molecular weight is 147 g/mol. The second kappa shape index (κ2) is 3.24. The van der Waals surface area contributed by atoms with Crippen molar-refractivity contribution in [3.63, 3.8) is 0 Å². The Kier molecular flexibility index (Phi) is 2.32. The van der Waals surface area contributed by atoms with E-state index in [0.717, 1.165) is 0 Å². The van der Waals surface area contributed by atoms with Gasteiger partial charge in [0.2, 0.25) is 0 Å². The Bertz CT molecular complexity index is 355. The van der Waals surface area contributed by atoms with Crippen LogP contribution < -0.4 is 10.6 Å². The number of hydrogen-bond donors (Lipinski definition) is 1. The molecule has 1 nitrogen and oxygen atoms in total. The van der Waals surface area contributed by atoms with Crippen molar-refractivity contribution in [2.24, 2.45) is 0 Å². The first-order chi connectivity index (χ1) is 5.27. The molecule has 0 saturated heterocycles. The zero-order chi connectivity index (χ0) is 8.27. The molecule has 0 amide bonds. The minimum Gasteiger partial charge on any atom is -0.359 e. The van der Waals surface area contributed by atoms with Gasteiger partial charge >= 0.3 is 0 Å². The molecule has 0 aliphatic rings. The van der Waals surface area contributed by atoms with Crippen LogP contribution in [0, 0.1) is 6.92 Å². The summed E-state index contributed by atoms with van der Waals surface area (Å²) in [5.41, 5.74) is 1.19. The summed E-state index contributed by atoms with van der Waals surface area (Å²) >= 11 is 0. The molecule has 0 bridgehead atoms. The Labute approximate surface area is 66.8 Å². The molecule has 0 fully saturated rings. The molecule has 1 aromatic rings. The maximum Gasteiger partial charge on any atom is 0.0412 e. The smallest absolute Gasteiger partial charge is 0.0412 e. The molecule has 1 N–H and O–H groups in total. The van der Waals surface area contributed by atoms with E-state index >= 15 is 0 Å². The summed E-state index contributed by atoms with van der Waals surface area (Å²) in [6.45, 7) is 7.73. The summed E-state index contributed by atoms with van der Waals surface area (Å²) in [6, 6.07) is 2.11. The predicted octanol–water partition coefficient (Wildman–Crippen LogP) is 1.09. The highest BCUT2D eigenvalue weighted by Crippen LogP contribution is 1.79. The monoisotopic (exact) mass is 147 g/mol. The fourth-order valence-electron chi connectivity index (χ4n) is 1.14. The van der Waals surface area contributed by atoms with E-state index in [9.17, 15) is 0 Å². The molecule has 0 radical (unpaired) electrons. The minimum atomic E-state index is 1.17. The number of aryl methyl sites for hydroxylation is 1. The highest BCUT2D eigenvalue weighted by molar-refractivity contribution is 5.37. The maximum atomic E-state index is 3.66. The van der Waals surface area contributed by atoms with Gasteiger partial charge in [-0.3, -0.25) is 0 Å².